The molecule has 1 N–H and O–H groups in total. The molecule has 0 amide bonds. The van der Waals surface area contributed by atoms with Crippen molar-refractivity contribution in [1.82, 2.24) is 14.9 Å². The zero-order valence-electron chi connectivity index (χ0n) is 11.0. The third-order valence-corrected chi connectivity index (χ3v) is 4.71. The zero-order valence-corrected chi connectivity index (χ0v) is 11.8. The van der Waals surface area contributed by atoms with Crippen molar-refractivity contribution in [2.75, 3.05) is 11.5 Å². The van der Waals surface area contributed by atoms with Crippen LogP contribution in [0, 0.1) is 0 Å². The Kier molecular flexibility index (Phi) is 4.20. The van der Waals surface area contributed by atoms with E-state index < -0.39 is 0 Å². The zero-order chi connectivity index (χ0) is 12.9. The summed E-state index contributed by atoms with van der Waals surface area (Å²) in [5.41, 5.74) is 2.51. The Bertz CT molecular complexity index is 487. The summed E-state index contributed by atoms with van der Waals surface area (Å²) in [5, 5.41) is 3.65. The fourth-order valence-electron chi connectivity index (χ4n) is 2.36. The molecule has 0 aliphatic carbocycles. The van der Waals surface area contributed by atoms with E-state index in [9.17, 15) is 0 Å². The summed E-state index contributed by atoms with van der Waals surface area (Å²) in [4.78, 5) is 4.07. The standard InChI is InChI=1S/C15H19N3S/c1-2-14(11-19-9-1)17-10-13-3-5-15(6-4-13)18-8-7-16-12-18/h3-8,12,14,17H,1-2,9-11H2. The van der Waals surface area contributed by atoms with Crippen LogP contribution in [-0.2, 0) is 6.54 Å². The molecular weight excluding hydrogens is 254 g/mol. The smallest absolute Gasteiger partial charge is 0.0991 e. The number of nitrogens with zero attached hydrogens (tertiary/aromatic N) is 2. The minimum absolute atomic E-state index is 0.687. The van der Waals surface area contributed by atoms with Crippen LogP contribution in [0.5, 0.6) is 0 Å². The van der Waals surface area contributed by atoms with Gasteiger partial charge in [-0.25, -0.2) is 4.98 Å². The van der Waals surface area contributed by atoms with E-state index in [1.165, 1.54) is 29.9 Å². The van der Waals surface area contributed by atoms with E-state index in [4.69, 9.17) is 0 Å². The van der Waals surface area contributed by atoms with E-state index in [1.54, 1.807) is 6.20 Å². The first-order valence-electron chi connectivity index (χ1n) is 6.80. The molecule has 1 aliphatic rings. The van der Waals surface area contributed by atoms with Gasteiger partial charge in [-0.05, 0) is 36.3 Å². The second kappa shape index (κ2) is 6.26. The van der Waals surface area contributed by atoms with Gasteiger partial charge in [-0.15, -0.1) is 0 Å². The Balaban J connectivity index is 1.57. The molecule has 0 saturated carbocycles. The molecule has 1 fully saturated rings. The molecule has 1 aromatic heterocycles. The van der Waals surface area contributed by atoms with Crippen LogP contribution in [0.3, 0.4) is 0 Å². The number of imidazole rings is 1. The molecule has 19 heavy (non-hydrogen) atoms. The van der Waals surface area contributed by atoms with Crippen LogP contribution >= 0.6 is 11.8 Å². The molecule has 2 aromatic rings. The third-order valence-electron chi connectivity index (χ3n) is 3.49. The number of aromatic nitrogens is 2. The lowest BCUT2D eigenvalue weighted by Gasteiger charge is -2.22. The summed E-state index contributed by atoms with van der Waals surface area (Å²) in [6, 6.07) is 9.37. The molecule has 3 nitrogen and oxygen atoms in total. The van der Waals surface area contributed by atoms with E-state index in [0.717, 1.165) is 12.2 Å². The van der Waals surface area contributed by atoms with Crippen LogP contribution in [0.2, 0.25) is 0 Å². The lowest BCUT2D eigenvalue weighted by atomic mass is 10.1. The van der Waals surface area contributed by atoms with Crippen LogP contribution in [0.4, 0.5) is 0 Å². The van der Waals surface area contributed by atoms with Gasteiger partial charge in [0, 0.05) is 36.4 Å². The highest BCUT2D eigenvalue weighted by molar-refractivity contribution is 7.99. The quantitative estimate of drug-likeness (QED) is 0.929. The molecule has 4 heteroatoms. The van der Waals surface area contributed by atoms with E-state index in [2.05, 4.69) is 46.3 Å². The summed E-state index contributed by atoms with van der Waals surface area (Å²) in [6.45, 7) is 0.968. The number of nitrogens with one attached hydrogen (secondary N) is 1. The monoisotopic (exact) mass is 273 g/mol. The van der Waals surface area contributed by atoms with Crippen molar-refractivity contribution in [3.63, 3.8) is 0 Å². The fraction of sp³-hybridized carbons (Fsp3) is 0.400. The lowest BCUT2D eigenvalue weighted by molar-refractivity contribution is 0.507. The summed E-state index contributed by atoms with van der Waals surface area (Å²) < 4.78 is 2.02. The summed E-state index contributed by atoms with van der Waals surface area (Å²) >= 11 is 2.07. The van der Waals surface area contributed by atoms with Gasteiger partial charge in [0.1, 0.15) is 0 Å². The van der Waals surface area contributed by atoms with Crippen LogP contribution in [0.15, 0.2) is 43.0 Å². The molecule has 1 aromatic carbocycles. The van der Waals surface area contributed by atoms with E-state index >= 15 is 0 Å². The minimum Gasteiger partial charge on any atom is -0.309 e. The van der Waals surface area contributed by atoms with Gasteiger partial charge in [-0.2, -0.15) is 11.8 Å². The predicted octanol–water partition coefficient (Wildman–Crippen LogP) is 2.86. The maximum absolute atomic E-state index is 4.07. The Morgan fingerprint density at radius 2 is 2.21 bits per heavy atom. The topological polar surface area (TPSA) is 29.9 Å². The number of hydrogen-bond donors (Lipinski definition) is 1. The maximum atomic E-state index is 4.07. The number of benzene rings is 1. The van der Waals surface area contributed by atoms with Gasteiger partial charge in [0.25, 0.3) is 0 Å². The molecule has 1 saturated heterocycles. The Labute approximate surface area is 118 Å². The summed E-state index contributed by atoms with van der Waals surface area (Å²) in [7, 11) is 0. The summed E-state index contributed by atoms with van der Waals surface area (Å²) in [6.07, 6.45) is 8.26. The highest BCUT2D eigenvalue weighted by atomic mass is 32.2. The molecule has 0 bridgehead atoms. The van der Waals surface area contributed by atoms with Gasteiger partial charge in [0.15, 0.2) is 0 Å². The molecule has 1 aliphatic heterocycles. The van der Waals surface area contributed by atoms with Crippen molar-refractivity contribution in [2.45, 2.75) is 25.4 Å². The van der Waals surface area contributed by atoms with Gasteiger partial charge >= 0.3 is 0 Å². The first kappa shape index (κ1) is 12.8. The lowest BCUT2D eigenvalue weighted by Crippen LogP contribution is -2.33. The SMILES string of the molecule is c1cn(-c2ccc(CNC3CCCSC3)cc2)cn1. The van der Waals surface area contributed by atoms with Crippen molar-refractivity contribution in [3.05, 3.63) is 48.5 Å². The van der Waals surface area contributed by atoms with Crippen LogP contribution in [0.25, 0.3) is 5.69 Å². The predicted molar refractivity (Wildman–Crippen MR) is 80.8 cm³/mol. The Morgan fingerprint density at radius 1 is 1.32 bits per heavy atom. The van der Waals surface area contributed by atoms with Crippen molar-refractivity contribution >= 4 is 11.8 Å². The molecule has 1 atom stereocenters. The normalized spacial score (nSPS) is 19.5. The van der Waals surface area contributed by atoms with Crippen molar-refractivity contribution in [3.8, 4) is 5.69 Å². The minimum atomic E-state index is 0.687. The van der Waals surface area contributed by atoms with E-state index in [-0.39, 0.29) is 0 Å². The molecule has 0 radical (unpaired) electrons. The van der Waals surface area contributed by atoms with Crippen molar-refractivity contribution in [2.24, 2.45) is 0 Å². The first-order valence-corrected chi connectivity index (χ1v) is 7.96. The van der Waals surface area contributed by atoms with Crippen LogP contribution < -0.4 is 5.32 Å². The van der Waals surface area contributed by atoms with Gasteiger partial charge in [0.05, 0.1) is 6.33 Å². The second-order valence-electron chi connectivity index (χ2n) is 4.93. The van der Waals surface area contributed by atoms with E-state index in [0.29, 0.717) is 6.04 Å². The first-order chi connectivity index (χ1) is 9.42. The number of hydrogen-bond acceptors (Lipinski definition) is 3. The largest absolute Gasteiger partial charge is 0.309 e. The highest BCUT2D eigenvalue weighted by Crippen LogP contribution is 2.17. The molecule has 1 unspecified atom stereocenters. The highest BCUT2D eigenvalue weighted by Gasteiger charge is 2.12. The number of rotatable bonds is 4. The molecule has 2 heterocycles. The molecule has 0 spiro atoms. The average Bonchev–Trinajstić information content (AvgIpc) is 3.01. The van der Waals surface area contributed by atoms with Crippen molar-refractivity contribution in [1.29, 1.82) is 0 Å². The van der Waals surface area contributed by atoms with Gasteiger partial charge < -0.3 is 9.88 Å². The maximum Gasteiger partial charge on any atom is 0.0991 e. The van der Waals surface area contributed by atoms with Crippen molar-refractivity contribution < 1.29 is 0 Å². The Morgan fingerprint density at radius 3 is 2.89 bits per heavy atom. The van der Waals surface area contributed by atoms with Gasteiger partial charge in [-0.3, -0.25) is 0 Å². The fourth-order valence-corrected chi connectivity index (χ4v) is 3.47. The Hall–Kier alpha value is -1.26. The van der Waals surface area contributed by atoms with Gasteiger partial charge in [0.2, 0.25) is 0 Å². The summed E-state index contributed by atoms with van der Waals surface area (Å²) in [5.74, 6) is 2.59. The van der Waals surface area contributed by atoms with Gasteiger partial charge in [-0.1, -0.05) is 12.1 Å². The third kappa shape index (κ3) is 3.39. The van der Waals surface area contributed by atoms with Crippen LogP contribution in [0.1, 0.15) is 18.4 Å². The van der Waals surface area contributed by atoms with E-state index in [1.807, 2.05) is 17.1 Å². The second-order valence-corrected chi connectivity index (χ2v) is 6.08. The molecule has 100 valence electrons. The number of thioether (sulfide) groups is 1. The molecular formula is C15H19N3S. The molecule has 3 rings (SSSR count). The average molecular weight is 273 g/mol. The van der Waals surface area contributed by atoms with Crippen LogP contribution in [-0.4, -0.2) is 27.1 Å².